The molecule has 1 atom stereocenters. The topological polar surface area (TPSA) is 129 Å². The fourth-order valence-corrected chi connectivity index (χ4v) is 2.45. The van der Waals surface area contributed by atoms with Gasteiger partial charge in [0.2, 0.25) is 11.1 Å². The summed E-state index contributed by atoms with van der Waals surface area (Å²) >= 11 is 0.984. The lowest BCUT2D eigenvalue weighted by atomic mass is 10.2. The normalized spacial score (nSPS) is 11.6. The van der Waals surface area contributed by atoms with Crippen LogP contribution in [0.3, 0.4) is 0 Å². The zero-order valence-corrected chi connectivity index (χ0v) is 15.2. The quantitative estimate of drug-likeness (QED) is 0.416. The molecule has 2 aromatic rings. The summed E-state index contributed by atoms with van der Waals surface area (Å²) in [5, 5.41) is 10.0. The van der Waals surface area contributed by atoms with E-state index in [-0.39, 0.29) is 22.9 Å². The molecular formula is C16H19N5O4S. The lowest BCUT2D eigenvalue weighted by molar-refractivity contribution is -0.113. The van der Waals surface area contributed by atoms with E-state index < -0.39 is 11.5 Å². The zero-order chi connectivity index (χ0) is 19.1. The highest BCUT2D eigenvalue weighted by molar-refractivity contribution is 7.99. The third-order valence-corrected chi connectivity index (χ3v) is 4.32. The highest BCUT2D eigenvalue weighted by atomic mass is 32.2. The number of carbonyl (C=O) groups excluding carboxylic acids is 2. The van der Waals surface area contributed by atoms with E-state index in [0.717, 1.165) is 29.1 Å². The fraction of sp³-hybridized carbons (Fsp3) is 0.312. The maximum absolute atomic E-state index is 12.0. The van der Waals surface area contributed by atoms with E-state index >= 15 is 0 Å². The Morgan fingerprint density at radius 2 is 2.04 bits per heavy atom. The molecule has 0 bridgehead atoms. The third-order valence-electron chi connectivity index (χ3n) is 3.37. The molecule has 1 heterocycles. The first-order valence-corrected chi connectivity index (χ1v) is 8.82. The second-order valence-corrected chi connectivity index (χ2v) is 6.32. The molecule has 138 valence electrons. The van der Waals surface area contributed by atoms with Crippen LogP contribution in [0.4, 0.5) is 5.69 Å². The molecule has 10 heteroatoms. The first-order chi connectivity index (χ1) is 12.4. The number of benzene rings is 1. The van der Waals surface area contributed by atoms with Crippen molar-refractivity contribution in [1.29, 1.82) is 0 Å². The third kappa shape index (κ3) is 5.31. The van der Waals surface area contributed by atoms with Gasteiger partial charge < -0.3 is 15.9 Å². The molecule has 1 aromatic carbocycles. The van der Waals surface area contributed by atoms with Gasteiger partial charge in [-0.05, 0) is 37.6 Å². The molecule has 1 amide bonds. The Labute approximate surface area is 153 Å². The number of aromatic nitrogens is 3. The maximum Gasteiger partial charge on any atom is 0.338 e. The summed E-state index contributed by atoms with van der Waals surface area (Å²) in [5.74, 6) is 4.79. The van der Waals surface area contributed by atoms with Crippen molar-refractivity contribution in [2.24, 2.45) is 0 Å². The molecule has 0 aliphatic heterocycles. The van der Waals surface area contributed by atoms with Gasteiger partial charge in [-0.25, -0.2) is 4.79 Å². The average molecular weight is 377 g/mol. The molecule has 0 saturated carbocycles. The van der Waals surface area contributed by atoms with E-state index in [1.807, 2.05) is 13.8 Å². The minimum atomic E-state index is -0.511. The SMILES string of the molecule is CCC(C)OC(=O)c1ccc(NC(=O)CSc2nncc(=O)n2N)cc1. The predicted octanol–water partition coefficient (Wildman–Crippen LogP) is 1.04. The number of anilines is 1. The summed E-state index contributed by atoms with van der Waals surface area (Å²) in [5.41, 5.74) is 0.423. The second-order valence-electron chi connectivity index (χ2n) is 5.37. The van der Waals surface area contributed by atoms with Gasteiger partial charge in [0.1, 0.15) is 6.20 Å². The Morgan fingerprint density at radius 3 is 2.69 bits per heavy atom. The molecular weight excluding hydrogens is 358 g/mol. The van der Waals surface area contributed by atoms with Crippen molar-refractivity contribution < 1.29 is 14.3 Å². The second kappa shape index (κ2) is 8.99. The van der Waals surface area contributed by atoms with Crippen LogP contribution in [0.25, 0.3) is 0 Å². The number of rotatable bonds is 7. The molecule has 0 aliphatic carbocycles. The number of hydrogen-bond donors (Lipinski definition) is 2. The van der Waals surface area contributed by atoms with Gasteiger partial charge in [0.15, 0.2) is 0 Å². The van der Waals surface area contributed by atoms with Gasteiger partial charge in [0.25, 0.3) is 5.56 Å². The number of esters is 1. The molecule has 0 radical (unpaired) electrons. The average Bonchev–Trinajstić information content (AvgIpc) is 2.63. The van der Waals surface area contributed by atoms with Gasteiger partial charge in [-0.1, -0.05) is 18.7 Å². The van der Waals surface area contributed by atoms with E-state index in [1.165, 1.54) is 0 Å². The number of nitrogens with one attached hydrogen (secondary N) is 1. The van der Waals surface area contributed by atoms with E-state index in [2.05, 4.69) is 15.5 Å². The van der Waals surface area contributed by atoms with Crippen molar-refractivity contribution >= 4 is 29.3 Å². The van der Waals surface area contributed by atoms with Crippen molar-refractivity contribution in [3.63, 3.8) is 0 Å². The van der Waals surface area contributed by atoms with E-state index in [0.29, 0.717) is 11.3 Å². The Bertz CT molecular complexity index is 837. The van der Waals surface area contributed by atoms with Crippen molar-refractivity contribution in [2.75, 3.05) is 16.9 Å². The van der Waals surface area contributed by atoms with Crippen LogP contribution in [-0.2, 0) is 9.53 Å². The highest BCUT2D eigenvalue weighted by Gasteiger charge is 2.12. The van der Waals surface area contributed by atoms with Crippen LogP contribution in [0.1, 0.15) is 30.6 Å². The summed E-state index contributed by atoms with van der Waals surface area (Å²) < 4.78 is 6.05. The van der Waals surface area contributed by atoms with Gasteiger partial charge >= 0.3 is 5.97 Å². The number of thioether (sulfide) groups is 1. The van der Waals surface area contributed by atoms with Crippen molar-refractivity contribution in [3.8, 4) is 0 Å². The van der Waals surface area contributed by atoms with E-state index in [4.69, 9.17) is 10.6 Å². The highest BCUT2D eigenvalue weighted by Crippen LogP contribution is 2.14. The van der Waals surface area contributed by atoms with Crippen LogP contribution in [-0.4, -0.2) is 38.6 Å². The Balaban J connectivity index is 1.90. The van der Waals surface area contributed by atoms with Crippen LogP contribution < -0.4 is 16.7 Å². The Hall–Kier alpha value is -2.88. The van der Waals surface area contributed by atoms with E-state index in [9.17, 15) is 14.4 Å². The predicted molar refractivity (Wildman–Crippen MR) is 97.4 cm³/mol. The molecule has 1 aromatic heterocycles. The fourth-order valence-electron chi connectivity index (χ4n) is 1.78. The Kier molecular flexibility index (Phi) is 6.73. The molecule has 9 nitrogen and oxygen atoms in total. The first-order valence-electron chi connectivity index (χ1n) is 7.84. The van der Waals surface area contributed by atoms with Crippen LogP contribution >= 0.6 is 11.8 Å². The summed E-state index contributed by atoms with van der Waals surface area (Å²) in [7, 11) is 0. The molecule has 2 rings (SSSR count). The first kappa shape index (κ1) is 19.4. The van der Waals surface area contributed by atoms with Gasteiger partial charge in [0.05, 0.1) is 17.4 Å². The number of carbonyl (C=O) groups is 2. The van der Waals surface area contributed by atoms with Crippen LogP contribution in [0.2, 0.25) is 0 Å². The summed E-state index contributed by atoms with van der Waals surface area (Å²) in [6.07, 6.45) is 1.57. The van der Waals surface area contributed by atoms with Crippen molar-refractivity contribution in [1.82, 2.24) is 14.9 Å². The lowest BCUT2D eigenvalue weighted by Gasteiger charge is -2.11. The van der Waals surface area contributed by atoms with Gasteiger partial charge in [-0.15, -0.1) is 5.10 Å². The lowest BCUT2D eigenvalue weighted by Crippen LogP contribution is -2.30. The molecule has 3 N–H and O–H groups in total. The molecule has 26 heavy (non-hydrogen) atoms. The standard InChI is InChI=1S/C16H19N5O4S/c1-3-10(2)25-15(24)11-4-6-12(7-5-11)19-13(22)9-26-16-20-18-8-14(23)21(16)17/h4-8,10H,3,9,17H2,1-2H3,(H,19,22). The summed E-state index contributed by atoms with van der Waals surface area (Å²) in [4.78, 5) is 35.2. The van der Waals surface area contributed by atoms with Gasteiger partial charge in [-0.3, -0.25) is 9.59 Å². The van der Waals surface area contributed by atoms with Crippen LogP contribution in [0.5, 0.6) is 0 Å². The van der Waals surface area contributed by atoms with Crippen LogP contribution in [0.15, 0.2) is 40.4 Å². The summed E-state index contributed by atoms with van der Waals surface area (Å²) in [6, 6.07) is 6.37. The van der Waals surface area contributed by atoms with Crippen molar-refractivity contribution in [2.45, 2.75) is 31.5 Å². The molecule has 1 unspecified atom stereocenters. The number of amides is 1. The monoisotopic (exact) mass is 377 g/mol. The molecule has 0 spiro atoms. The van der Waals surface area contributed by atoms with Gasteiger partial charge in [0, 0.05) is 5.69 Å². The summed E-state index contributed by atoms with van der Waals surface area (Å²) in [6.45, 7) is 3.75. The zero-order valence-electron chi connectivity index (χ0n) is 14.3. The number of nitrogen functional groups attached to an aromatic ring is 1. The maximum atomic E-state index is 12.0. The van der Waals surface area contributed by atoms with Gasteiger partial charge in [-0.2, -0.15) is 9.77 Å². The number of ether oxygens (including phenoxy) is 1. The molecule has 0 saturated heterocycles. The number of hydrogen-bond acceptors (Lipinski definition) is 8. The Morgan fingerprint density at radius 1 is 1.35 bits per heavy atom. The molecule has 0 aliphatic rings. The number of nitrogens with two attached hydrogens (primary N) is 1. The van der Waals surface area contributed by atoms with Crippen molar-refractivity contribution in [3.05, 3.63) is 46.4 Å². The van der Waals surface area contributed by atoms with E-state index in [1.54, 1.807) is 24.3 Å². The number of nitrogens with zero attached hydrogens (tertiary/aromatic N) is 3. The van der Waals surface area contributed by atoms with Crippen LogP contribution in [0, 0.1) is 0 Å². The molecule has 0 fully saturated rings. The minimum absolute atomic E-state index is 0.00680. The smallest absolute Gasteiger partial charge is 0.338 e. The largest absolute Gasteiger partial charge is 0.459 e. The minimum Gasteiger partial charge on any atom is -0.459 e.